The van der Waals surface area contributed by atoms with Crippen molar-refractivity contribution in [1.82, 2.24) is 10.8 Å². The zero-order chi connectivity index (χ0) is 11.1. The summed E-state index contributed by atoms with van der Waals surface area (Å²) in [6.45, 7) is 3.02. The highest BCUT2D eigenvalue weighted by Gasteiger charge is 2.10. The fraction of sp³-hybridized carbons (Fsp3) is 0.364. The summed E-state index contributed by atoms with van der Waals surface area (Å²) in [6, 6.07) is 9.95. The molecule has 0 aliphatic rings. The molecule has 1 aromatic carbocycles. The highest BCUT2D eigenvalue weighted by Crippen LogP contribution is 1.98. The normalized spacial score (nSPS) is 12.1. The van der Waals surface area contributed by atoms with Gasteiger partial charge in [0, 0.05) is 19.0 Å². The monoisotopic (exact) mass is 208 g/mol. The number of amides is 1. The summed E-state index contributed by atoms with van der Waals surface area (Å²) in [4.78, 5) is 11.0. The van der Waals surface area contributed by atoms with Crippen LogP contribution in [0.2, 0.25) is 0 Å². The Morgan fingerprint density at radius 1 is 1.40 bits per heavy atom. The van der Waals surface area contributed by atoms with Crippen molar-refractivity contribution < 1.29 is 10.0 Å². The maximum Gasteiger partial charge on any atom is 0.247 e. The molecule has 0 fully saturated rings. The van der Waals surface area contributed by atoms with Crippen LogP contribution in [-0.2, 0) is 11.3 Å². The SMILES string of the molecule is CC(CNCc1ccccc1)C(=O)NO. The second-order valence-electron chi connectivity index (χ2n) is 3.49. The molecule has 4 heteroatoms. The minimum atomic E-state index is -0.365. The summed E-state index contributed by atoms with van der Waals surface area (Å²) in [5.74, 6) is -0.603. The minimum absolute atomic E-state index is 0.237. The Bertz CT molecular complexity index is 301. The third-order valence-corrected chi connectivity index (χ3v) is 2.18. The maximum absolute atomic E-state index is 11.0. The largest absolute Gasteiger partial charge is 0.312 e. The van der Waals surface area contributed by atoms with Crippen LogP contribution >= 0.6 is 0 Å². The van der Waals surface area contributed by atoms with E-state index in [9.17, 15) is 4.79 Å². The standard InChI is InChI=1S/C11H16N2O2/c1-9(11(14)13-15)7-12-8-10-5-3-2-4-6-10/h2-6,9,12,15H,7-8H2,1H3,(H,13,14). The fourth-order valence-electron chi connectivity index (χ4n) is 1.23. The number of hydrogen-bond donors (Lipinski definition) is 3. The number of benzene rings is 1. The maximum atomic E-state index is 11.0. The molecule has 0 aliphatic carbocycles. The molecule has 1 aromatic rings. The summed E-state index contributed by atoms with van der Waals surface area (Å²) in [6.07, 6.45) is 0. The van der Waals surface area contributed by atoms with Gasteiger partial charge < -0.3 is 5.32 Å². The van der Waals surface area contributed by atoms with Crippen LogP contribution in [0.4, 0.5) is 0 Å². The third-order valence-electron chi connectivity index (χ3n) is 2.18. The van der Waals surface area contributed by atoms with Gasteiger partial charge in [-0.05, 0) is 5.56 Å². The Labute approximate surface area is 89.3 Å². The highest BCUT2D eigenvalue weighted by atomic mass is 16.5. The van der Waals surface area contributed by atoms with Crippen LogP contribution in [0.15, 0.2) is 30.3 Å². The summed E-state index contributed by atoms with van der Waals surface area (Å²) in [7, 11) is 0. The lowest BCUT2D eigenvalue weighted by Gasteiger charge is -2.10. The van der Waals surface area contributed by atoms with Gasteiger partial charge in [-0.25, -0.2) is 5.48 Å². The van der Waals surface area contributed by atoms with Gasteiger partial charge in [0.1, 0.15) is 0 Å². The molecule has 1 amide bonds. The first-order valence-corrected chi connectivity index (χ1v) is 4.92. The van der Waals surface area contributed by atoms with Gasteiger partial charge in [-0.1, -0.05) is 37.3 Å². The van der Waals surface area contributed by atoms with Crippen molar-refractivity contribution in [3.8, 4) is 0 Å². The van der Waals surface area contributed by atoms with Crippen molar-refractivity contribution in [2.45, 2.75) is 13.5 Å². The van der Waals surface area contributed by atoms with Crippen LogP contribution in [0, 0.1) is 5.92 Å². The van der Waals surface area contributed by atoms with E-state index in [2.05, 4.69) is 5.32 Å². The molecule has 0 radical (unpaired) electrons. The molecule has 1 atom stereocenters. The summed E-state index contributed by atoms with van der Waals surface area (Å²) < 4.78 is 0. The predicted molar refractivity (Wildman–Crippen MR) is 57.2 cm³/mol. The average molecular weight is 208 g/mol. The summed E-state index contributed by atoms with van der Waals surface area (Å²) in [5.41, 5.74) is 2.81. The number of rotatable bonds is 5. The van der Waals surface area contributed by atoms with Crippen LogP contribution < -0.4 is 10.8 Å². The zero-order valence-electron chi connectivity index (χ0n) is 8.73. The fourth-order valence-corrected chi connectivity index (χ4v) is 1.23. The second-order valence-corrected chi connectivity index (χ2v) is 3.49. The Kier molecular flexibility index (Phi) is 4.80. The van der Waals surface area contributed by atoms with Crippen molar-refractivity contribution in [3.05, 3.63) is 35.9 Å². The number of carbonyl (C=O) groups is 1. The quantitative estimate of drug-likeness (QED) is 0.498. The van der Waals surface area contributed by atoms with Crippen LogP contribution in [-0.4, -0.2) is 17.7 Å². The van der Waals surface area contributed by atoms with Crippen molar-refractivity contribution in [1.29, 1.82) is 0 Å². The van der Waals surface area contributed by atoms with Crippen molar-refractivity contribution in [2.24, 2.45) is 5.92 Å². The lowest BCUT2D eigenvalue weighted by Crippen LogP contribution is -2.33. The first-order valence-electron chi connectivity index (χ1n) is 4.92. The van der Waals surface area contributed by atoms with E-state index in [-0.39, 0.29) is 11.8 Å². The third kappa shape index (κ3) is 4.10. The molecule has 0 aromatic heterocycles. The minimum Gasteiger partial charge on any atom is -0.312 e. The molecule has 82 valence electrons. The number of hydroxylamine groups is 1. The van der Waals surface area contributed by atoms with Gasteiger partial charge in [-0.3, -0.25) is 10.0 Å². The molecule has 0 bridgehead atoms. The van der Waals surface area contributed by atoms with Crippen LogP contribution in [0.1, 0.15) is 12.5 Å². The van der Waals surface area contributed by atoms with E-state index < -0.39 is 0 Å². The molecule has 0 aliphatic heterocycles. The number of carbonyl (C=O) groups excluding carboxylic acids is 1. The van der Waals surface area contributed by atoms with E-state index in [4.69, 9.17) is 5.21 Å². The summed E-state index contributed by atoms with van der Waals surface area (Å²) in [5, 5.41) is 11.5. The van der Waals surface area contributed by atoms with Crippen LogP contribution in [0.3, 0.4) is 0 Å². The van der Waals surface area contributed by atoms with Crippen molar-refractivity contribution in [2.75, 3.05) is 6.54 Å². The average Bonchev–Trinajstić information content (AvgIpc) is 2.29. The Hall–Kier alpha value is -1.39. The molecule has 15 heavy (non-hydrogen) atoms. The topological polar surface area (TPSA) is 61.4 Å². The van der Waals surface area contributed by atoms with Gasteiger partial charge in [0.2, 0.25) is 5.91 Å². The first kappa shape index (κ1) is 11.7. The molecular formula is C11H16N2O2. The molecule has 0 spiro atoms. The lowest BCUT2D eigenvalue weighted by molar-refractivity contribution is -0.132. The van der Waals surface area contributed by atoms with Gasteiger partial charge in [0.25, 0.3) is 0 Å². The van der Waals surface area contributed by atoms with Gasteiger partial charge >= 0.3 is 0 Å². The van der Waals surface area contributed by atoms with Gasteiger partial charge in [-0.2, -0.15) is 0 Å². The Balaban J connectivity index is 2.25. The highest BCUT2D eigenvalue weighted by molar-refractivity contribution is 5.77. The second kappa shape index (κ2) is 6.16. The van der Waals surface area contributed by atoms with Crippen molar-refractivity contribution >= 4 is 5.91 Å². The van der Waals surface area contributed by atoms with E-state index in [0.717, 1.165) is 6.54 Å². The van der Waals surface area contributed by atoms with E-state index in [1.54, 1.807) is 12.4 Å². The van der Waals surface area contributed by atoms with Gasteiger partial charge in [-0.15, -0.1) is 0 Å². The molecular weight excluding hydrogens is 192 g/mol. The molecule has 0 saturated carbocycles. The lowest BCUT2D eigenvalue weighted by atomic mass is 10.1. The van der Waals surface area contributed by atoms with Gasteiger partial charge in [0.15, 0.2) is 0 Å². The Morgan fingerprint density at radius 2 is 2.07 bits per heavy atom. The van der Waals surface area contributed by atoms with Crippen LogP contribution in [0.5, 0.6) is 0 Å². The van der Waals surface area contributed by atoms with Gasteiger partial charge in [0.05, 0.1) is 0 Å². The van der Waals surface area contributed by atoms with Crippen molar-refractivity contribution in [3.63, 3.8) is 0 Å². The van der Waals surface area contributed by atoms with E-state index in [1.165, 1.54) is 5.56 Å². The number of nitrogens with one attached hydrogen (secondary N) is 2. The van der Waals surface area contributed by atoms with Crippen LogP contribution in [0.25, 0.3) is 0 Å². The van der Waals surface area contributed by atoms with E-state index in [0.29, 0.717) is 6.54 Å². The molecule has 0 heterocycles. The molecule has 1 unspecified atom stereocenters. The first-order chi connectivity index (χ1) is 7.24. The molecule has 1 rings (SSSR count). The van der Waals surface area contributed by atoms with E-state index in [1.807, 2.05) is 30.3 Å². The predicted octanol–water partition coefficient (Wildman–Crippen LogP) is 0.918. The summed E-state index contributed by atoms with van der Waals surface area (Å²) >= 11 is 0. The van der Waals surface area contributed by atoms with E-state index >= 15 is 0 Å². The molecule has 0 saturated heterocycles. The zero-order valence-corrected chi connectivity index (χ0v) is 8.73. The molecule has 3 N–H and O–H groups in total. The smallest absolute Gasteiger partial charge is 0.247 e. The number of hydrogen-bond acceptors (Lipinski definition) is 3. The Morgan fingerprint density at radius 3 is 2.67 bits per heavy atom. The molecule has 4 nitrogen and oxygen atoms in total.